The molecular weight excluding hydrogens is 333 g/mol. The number of piperidine rings is 1. The van der Waals surface area contributed by atoms with Crippen LogP contribution in [0.3, 0.4) is 0 Å². The second kappa shape index (κ2) is 6.48. The maximum atomic E-state index is 12.4. The molecule has 0 spiro atoms. The molecule has 1 aliphatic heterocycles. The van der Waals surface area contributed by atoms with Gasteiger partial charge in [0.15, 0.2) is 0 Å². The summed E-state index contributed by atoms with van der Waals surface area (Å²) in [7, 11) is -2.19. The van der Waals surface area contributed by atoms with Crippen LogP contribution in [-0.4, -0.2) is 45.5 Å². The van der Waals surface area contributed by atoms with Gasteiger partial charge in [-0.05, 0) is 43.5 Å². The zero-order chi connectivity index (χ0) is 17.3. The molecule has 0 aliphatic carbocycles. The predicted octanol–water partition coefficient (Wildman–Crippen LogP) is 1.86. The Balaban J connectivity index is 2.02. The van der Waals surface area contributed by atoms with E-state index in [4.69, 9.17) is 0 Å². The van der Waals surface area contributed by atoms with Gasteiger partial charge in [-0.25, -0.2) is 13.1 Å². The standard InChI is InChI=1S/C14H17F3N2O3S/c1-18-23(21,22)12-4-2-10(3-5-12)11-6-8-19(9-7-11)13(20)14(15,16)17/h2-5,11,18H,6-9H2,1H3. The number of hydrogen-bond donors (Lipinski definition) is 1. The molecule has 0 aromatic heterocycles. The van der Waals surface area contributed by atoms with Crippen molar-refractivity contribution in [1.82, 2.24) is 9.62 Å². The molecule has 0 atom stereocenters. The molecule has 5 nitrogen and oxygen atoms in total. The van der Waals surface area contributed by atoms with Crippen molar-refractivity contribution in [2.75, 3.05) is 20.1 Å². The van der Waals surface area contributed by atoms with Crippen LogP contribution >= 0.6 is 0 Å². The Morgan fingerprint density at radius 1 is 1.17 bits per heavy atom. The van der Waals surface area contributed by atoms with Crippen LogP contribution in [0.4, 0.5) is 13.2 Å². The molecule has 23 heavy (non-hydrogen) atoms. The van der Waals surface area contributed by atoms with Gasteiger partial charge in [-0.3, -0.25) is 4.79 Å². The summed E-state index contributed by atoms with van der Waals surface area (Å²) in [5.74, 6) is -1.79. The highest BCUT2D eigenvalue weighted by molar-refractivity contribution is 7.89. The molecule has 1 amide bonds. The van der Waals surface area contributed by atoms with E-state index in [9.17, 15) is 26.4 Å². The lowest BCUT2D eigenvalue weighted by Crippen LogP contribution is -2.45. The van der Waals surface area contributed by atoms with Crippen molar-refractivity contribution >= 4 is 15.9 Å². The number of nitrogens with one attached hydrogen (secondary N) is 1. The normalized spacial score (nSPS) is 17.3. The summed E-state index contributed by atoms with van der Waals surface area (Å²) >= 11 is 0. The number of rotatable bonds is 3. The smallest absolute Gasteiger partial charge is 0.335 e. The maximum Gasteiger partial charge on any atom is 0.471 e. The molecule has 128 valence electrons. The molecule has 1 saturated heterocycles. The van der Waals surface area contributed by atoms with E-state index in [1.165, 1.54) is 19.2 Å². The van der Waals surface area contributed by atoms with Gasteiger partial charge in [0.2, 0.25) is 10.0 Å². The number of sulfonamides is 1. The van der Waals surface area contributed by atoms with Crippen LogP contribution in [0.1, 0.15) is 24.3 Å². The highest BCUT2D eigenvalue weighted by atomic mass is 32.2. The van der Waals surface area contributed by atoms with Crippen LogP contribution in [0, 0.1) is 0 Å². The number of benzene rings is 1. The van der Waals surface area contributed by atoms with Gasteiger partial charge in [0, 0.05) is 13.1 Å². The number of alkyl halides is 3. The number of halogens is 3. The zero-order valence-electron chi connectivity index (χ0n) is 12.4. The van der Waals surface area contributed by atoms with Crippen molar-refractivity contribution < 1.29 is 26.4 Å². The third-order valence-corrected chi connectivity index (χ3v) is 5.39. The third-order valence-electron chi connectivity index (χ3n) is 3.96. The predicted molar refractivity (Wildman–Crippen MR) is 77.3 cm³/mol. The highest BCUT2D eigenvalue weighted by Crippen LogP contribution is 2.30. The zero-order valence-corrected chi connectivity index (χ0v) is 13.2. The molecule has 0 unspecified atom stereocenters. The molecule has 1 aromatic carbocycles. The molecule has 1 N–H and O–H groups in total. The number of carbonyl (C=O) groups is 1. The molecule has 1 fully saturated rings. The third kappa shape index (κ3) is 4.03. The fourth-order valence-corrected chi connectivity index (χ4v) is 3.36. The van der Waals surface area contributed by atoms with Crippen molar-refractivity contribution in [2.24, 2.45) is 0 Å². The van der Waals surface area contributed by atoms with Gasteiger partial charge in [0.05, 0.1) is 4.90 Å². The van der Waals surface area contributed by atoms with Crippen LogP contribution in [0.5, 0.6) is 0 Å². The Labute approximate surface area is 132 Å². The Morgan fingerprint density at radius 2 is 1.70 bits per heavy atom. The summed E-state index contributed by atoms with van der Waals surface area (Å²) < 4.78 is 62.7. The van der Waals surface area contributed by atoms with Crippen molar-refractivity contribution in [3.05, 3.63) is 29.8 Å². The van der Waals surface area contributed by atoms with E-state index in [0.29, 0.717) is 12.8 Å². The molecule has 9 heteroatoms. The second-order valence-corrected chi connectivity index (χ2v) is 7.23. The molecule has 0 saturated carbocycles. The van der Waals surface area contributed by atoms with Gasteiger partial charge in [-0.2, -0.15) is 13.2 Å². The van der Waals surface area contributed by atoms with E-state index < -0.39 is 22.1 Å². The molecule has 0 radical (unpaired) electrons. The number of hydrogen-bond acceptors (Lipinski definition) is 3. The van der Waals surface area contributed by atoms with Crippen LogP contribution in [0.2, 0.25) is 0 Å². The summed E-state index contributed by atoms with van der Waals surface area (Å²) in [6, 6.07) is 6.26. The average molecular weight is 350 g/mol. The monoisotopic (exact) mass is 350 g/mol. The Kier molecular flexibility index (Phi) is 5.00. The Bertz CT molecular complexity index is 664. The van der Waals surface area contributed by atoms with Gasteiger partial charge in [0.25, 0.3) is 0 Å². The molecule has 1 aromatic rings. The van der Waals surface area contributed by atoms with Gasteiger partial charge >= 0.3 is 12.1 Å². The molecule has 0 bridgehead atoms. The average Bonchev–Trinajstić information content (AvgIpc) is 2.53. The first-order chi connectivity index (χ1) is 10.6. The first-order valence-corrected chi connectivity index (χ1v) is 8.53. The quantitative estimate of drug-likeness (QED) is 0.905. The molecular formula is C14H17F3N2O3S. The Morgan fingerprint density at radius 3 is 2.13 bits per heavy atom. The lowest BCUT2D eigenvalue weighted by Gasteiger charge is -2.32. The van der Waals surface area contributed by atoms with Crippen molar-refractivity contribution in [3.8, 4) is 0 Å². The number of carbonyl (C=O) groups excluding carboxylic acids is 1. The maximum absolute atomic E-state index is 12.4. The van der Waals surface area contributed by atoms with E-state index >= 15 is 0 Å². The number of nitrogens with zero attached hydrogens (tertiary/aromatic N) is 1. The topological polar surface area (TPSA) is 66.5 Å². The minimum absolute atomic E-state index is 0.0126. The lowest BCUT2D eigenvalue weighted by molar-refractivity contribution is -0.186. The van der Waals surface area contributed by atoms with Gasteiger partial charge in [0.1, 0.15) is 0 Å². The first-order valence-electron chi connectivity index (χ1n) is 7.05. The van der Waals surface area contributed by atoms with E-state index in [1.807, 2.05) is 0 Å². The van der Waals surface area contributed by atoms with E-state index in [2.05, 4.69) is 4.72 Å². The van der Waals surface area contributed by atoms with E-state index in [0.717, 1.165) is 10.5 Å². The van der Waals surface area contributed by atoms with Gasteiger partial charge < -0.3 is 4.90 Å². The van der Waals surface area contributed by atoms with Gasteiger partial charge in [-0.1, -0.05) is 12.1 Å². The van der Waals surface area contributed by atoms with Gasteiger partial charge in [-0.15, -0.1) is 0 Å². The van der Waals surface area contributed by atoms with Crippen molar-refractivity contribution in [3.63, 3.8) is 0 Å². The summed E-state index contributed by atoms with van der Waals surface area (Å²) in [5.41, 5.74) is 0.860. The molecule has 1 heterocycles. The van der Waals surface area contributed by atoms with Crippen molar-refractivity contribution in [1.29, 1.82) is 0 Å². The van der Waals surface area contributed by atoms with Crippen LogP contribution < -0.4 is 4.72 Å². The van der Waals surface area contributed by atoms with Crippen LogP contribution in [-0.2, 0) is 14.8 Å². The summed E-state index contributed by atoms with van der Waals surface area (Å²) in [6.45, 7) is 0.0825. The van der Waals surface area contributed by atoms with E-state index in [-0.39, 0.29) is 23.9 Å². The number of likely N-dealkylation sites (tertiary alicyclic amines) is 1. The SMILES string of the molecule is CNS(=O)(=O)c1ccc(C2CCN(C(=O)C(F)(F)F)CC2)cc1. The first kappa shape index (κ1) is 17.7. The van der Waals surface area contributed by atoms with Crippen molar-refractivity contribution in [2.45, 2.75) is 29.8 Å². The van der Waals surface area contributed by atoms with Crippen LogP contribution in [0.25, 0.3) is 0 Å². The minimum atomic E-state index is -4.84. The highest BCUT2D eigenvalue weighted by Gasteiger charge is 2.43. The molecule has 1 aliphatic rings. The second-order valence-electron chi connectivity index (χ2n) is 5.34. The van der Waals surface area contributed by atoms with Crippen LogP contribution in [0.15, 0.2) is 29.2 Å². The Hall–Kier alpha value is -1.61. The summed E-state index contributed by atoms with van der Waals surface area (Å²) in [5, 5.41) is 0. The lowest BCUT2D eigenvalue weighted by atomic mass is 9.89. The number of amides is 1. The fraction of sp³-hybridized carbons (Fsp3) is 0.500. The minimum Gasteiger partial charge on any atom is -0.335 e. The summed E-state index contributed by atoms with van der Waals surface area (Å²) in [6.07, 6.45) is -4.00. The fourth-order valence-electron chi connectivity index (χ4n) is 2.63. The molecule has 2 rings (SSSR count). The van der Waals surface area contributed by atoms with E-state index in [1.54, 1.807) is 12.1 Å². The summed E-state index contributed by atoms with van der Waals surface area (Å²) in [4.78, 5) is 12.1. The largest absolute Gasteiger partial charge is 0.471 e.